The predicted molar refractivity (Wildman–Crippen MR) is 65.1 cm³/mol. The molecule has 94 valence electrons. The van der Waals surface area contributed by atoms with Gasteiger partial charge in [0.1, 0.15) is 0 Å². The fourth-order valence-corrected chi connectivity index (χ4v) is 2.45. The second kappa shape index (κ2) is 5.67. The minimum absolute atomic E-state index is 0.0816. The highest BCUT2D eigenvalue weighted by Crippen LogP contribution is 2.31. The molecule has 1 rings (SSSR count). The SMILES string of the molecule is CC(C)CN(C)C(=O)CC1(O)CCCCC1. The smallest absolute Gasteiger partial charge is 0.225 e. The highest BCUT2D eigenvalue weighted by atomic mass is 16.3. The number of hydrogen-bond acceptors (Lipinski definition) is 2. The number of nitrogens with zero attached hydrogens (tertiary/aromatic N) is 1. The number of amides is 1. The average Bonchev–Trinajstić information content (AvgIpc) is 2.16. The molecule has 0 heterocycles. The van der Waals surface area contributed by atoms with E-state index < -0.39 is 5.60 Å². The van der Waals surface area contributed by atoms with Crippen LogP contribution >= 0.6 is 0 Å². The summed E-state index contributed by atoms with van der Waals surface area (Å²) >= 11 is 0. The van der Waals surface area contributed by atoms with Crippen LogP contribution in [0.3, 0.4) is 0 Å². The van der Waals surface area contributed by atoms with Crippen LogP contribution in [0.1, 0.15) is 52.4 Å². The van der Waals surface area contributed by atoms with Crippen molar-refractivity contribution < 1.29 is 9.90 Å². The van der Waals surface area contributed by atoms with Gasteiger partial charge in [0, 0.05) is 13.6 Å². The number of aliphatic hydroxyl groups is 1. The number of carbonyl (C=O) groups is 1. The molecule has 0 spiro atoms. The minimum Gasteiger partial charge on any atom is -0.389 e. The Bertz CT molecular complexity index is 232. The Hall–Kier alpha value is -0.570. The van der Waals surface area contributed by atoms with Crippen LogP contribution in [0.4, 0.5) is 0 Å². The maximum Gasteiger partial charge on any atom is 0.225 e. The Balaban J connectivity index is 2.43. The summed E-state index contributed by atoms with van der Waals surface area (Å²) in [6.45, 7) is 4.97. The lowest BCUT2D eigenvalue weighted by Crippen LogP contribution is -2.40. The van der Waals surface area contributed by atoms with Gasteiger partial charge in [-0.1, -0.05) is 33.1 Å². The van der Waals surface area contributed by atoms with Crippen LogP contribution in [-0.4, -0.2) is 35.1 Å². The van der Waals surface area contributed by atoms with E-state index in [1.165, 1.54) is 6.42 Å². The molecule has 1 fully saturated rings. The number of rotatable bonds is 4. The average molecular weight is 227 g/mol. The van der Waals surface area contributed by atoms with Crippen LogP contribution < -0.4 is 0 Å². The molecule has 1 aliphatic carbocycles. The van der Waals surface area contributed by atoms with Crippen molar-refractivity contribution in [1.82, 2.24) is 4.90 Å². The van der Waals surface area contributed by atoms with Gasteiger partial charge < -0.3 is 10.0 Å². The van der Waals surface area contributed by atoms with E-state index in [1.807, 2.05) is 7.05 Å². The minimum atomic E-state index is -0.722. The summed E-state index contributed by atoms with van der Waals surface area (Å²) in [5, 5.41) is 10.3. The molecule has 1 saturated carbocycles. The molecule has 0 aliphatic heterocycles. The van der Waals surface area contributed by atoms with Crippen molar-refractivity contribution >= 4 is 5.91 Å². The molecule has 1 N–H and O–H groups in total. The van der Waals surface area contributed by atoms with Crippen LogP contribution in [0.5, 0.6) is 0 Å². The van der Waals surface area contributed by atoms with E-state index in [9.17, 15) is 9.90 Å². The molecule has 0 saturated heterocycles. The third-order valence-electron chi connectivity index (χ3n) is 3.33. The molecular weight excluding hydrogens is 202 g/mol. The molecule has 1 amide bonds. The molecule has 3 heteroatoms. The first kappa shape index (κ1) is 13.5. The highest BCUT2D eigenvalue weighted by Gasteiger charge is 2.32. The van der Waals surface area contributed by atoms with E-state index in [1.54, 1.807) is 4.90 Å². The fraction of sp³-hybridized carbons (Fsp3) is 0.923. The first-order valence-corrected chi connectivity index (χ1v) is 6.39. The zero-order chi connectivity index (χ0) is 12.2. The van der Waals surface area contributed by atoms with Crippen LogP contribution in [0.25, 0.3) is 0 Å². The largest absolute Gasteiger partial charge is 0.389 e. The van der Waals surface area contributed by atoms with Crippen molar-refractivity contribution in [3.8, 4) is 0 Å². The first-order chi connectivity index (χ1) is 7.43. The summed E-state index contributed by atoms with van der Waals surface area (Å²) in [5.41, 5.74) is -0.722. The number of carbonyl (C=O) groups excluding carboxylic acids is 1. The van der Waals surface area contributed by atoms with E-state index in [4.69, 9.17) is 0 Å². The highest BCUT2D eigenvalue weighted by molar-refractivity contribution is 5.77. The quantitative estimate of drug-likeness (QED) is 0.799. The Morgan fingerprint density at radius 1 is 1.31 bits per heavy atom. The molecular formula is C13H25NO2. The van der Waals surface area contributed by atoms with Gasteiger partial charge in [0.05, 0.1) is 12.0 Å². The Morgan fingerprint density at radius 2 is 1.88 bits per heavy atom. The monoisotopic (exact) mass is 227 g/mol. The summed E-state index contributed by atoms with van der Waals surface area (Å²) in [6.07, 6.45) is 5.17. The molecule has 1 aliphatic rings. The molecule has 0 bridgehead atoms. The van der Waals surface area contributed by atoms with Gasteiger partial charge in [0.2, 0.25) is 5.91 Å². The predicted octanol–water partition coefficient (Wildman–Crippen LogP) is 2.19. The molecule has 0 radical (unpaired) electrons. The lowest BCUT2D eigenvalue weighted by atomic mass is 9.82. The zero-order valence-corrected chi connectivity index (χ0v) is 10.8. The van der Waals surface area contributed by atoms with Gasteiger partial charge in [0.25, 0.3) is 0 Å². The third-order valence-corrected chi connectivity index (χ3v) is 3.33. The van der Waals surface area contributed by atoms with E-state index >= 15 is 0 Å². The topological polar surface area (TPSA) is 40.5 Å². The Morgan fingerprint density at radius 3 is 2.38 bits per heavy atom. The molecule has 0 aromatic heterocycles. The summed E-state index contributed by atoms with van der Waals surface area (Å²) < 4.78 is 0. The van der Waals surface area contributed by atoms with E-state index in [0.29, 0.717) is 12.3 Å². The van der Waals surface area contributed by atoms with Crippen molar-refractivity contribution in [2.24, 2.45) is 5.92 Å². The summed E-state index contributed by atoms with van der Waals surface area (Å²) in [7, 11) is 1.83. The van der Waals surface area contributed by atoms with E-state index in [-0.39, 0.29) is 5.91 Å². The van der Waals surface area contributed by atoms with Crippen molar-refractivity contribution in [3.63, 3.8) is 0 Å². The zero-order valence-electron chi connectivity index (χ0n) is 10.8. The lowest BCUT2D eigenvalue weighted by molar-refractivity contribution is -0.136. The summed E-state index contributed by atoms with van der Waals surface area (Å²) in [4.78, 5) is 13.7. The molecule has 0 aromatic rings. The van der Waals surface area contributed by atoms with E-state index in [2.05, 4.69) is 13.8 Å². The lowest BCUT2D eigenvalue weighted by Gasteiger charge is -2.33. The second-order valence-electron chi connectivity index (χ2n) is 5.63. The summed E-state index contributed by atoms with van der Waals surface area (Å²) in [5.74, 6) is 0.563. The maximum atomic E-state index is 11.9. The first-order valence-electron chi connectivity index (χ1n) is 6.39. The van der Waals surface area contributed by atoms with Crippen molar-refractivity contribution in [2.45, 2.75) is 58.0 Å². The van der Waals surface area contributed by atoms with Crippen molar-refractivity contribution in [2.75, 3.05) is 13.6 Å². The Kier molecular flexibility index (Phi) is 4.78. The number of hydrogen-bond donors (Lipinski definition) is 1. The maximum absolute atomic E-state index is 11.9. The molecule has 3 nitrogen and oxygen atoms in total. The summed E-state index contributed by atoms with van der Waals surface area (Å²) in [6, 6.07) is 0. The van der Waals surface area contributed by atoms with Crippen LogP contribution in [-0.2, 0) is 4.79 Å². The molecule has 16 heavy (non-hydrogen) atoms. The van der Waals surface area contributed by atoms with Gasteiger partial charge in [-0.2, -0.15) is 0 Å². The molecule has 0 atom stereocenters. The van der Waals surface area contributed by atoms with E-state index in [0.717, 1.165) is 32.2 Å². The Labute approximate surface area is 98.8 Å². The normalized spacial score (nSPS) is 19.8. The van der Waals surface area contributed by atoms with Crippen LogP contribution in [0.2, 0.25) is 0 Å². The van der Waals surface area contributed by atoms with Crippen molar-refractivity contribution in [3.05, 3.63) is 0 Å². The third kappa shape index (κ3) is 4.12. The van der Waals surface area contributed by atoms with Gasteiger partial charge in [-0.25, -0.2) is 0 Å². The van der Waals surface area contributed by atoms with Gasteiger partial charge in [-0.15, -0.1) is 0 Å². The van der Waals surface area contributed by atoms with Crippen LogP contribution in [0, 0.1) is 5.92 Å². The molecule has 0 unspecified atom stereocenters. The second-order valence-corrected chi connectivity index (χ2v) is 5.63. The molecule has 0 aromatic carbocycles. The van der Waals surface area contributed by atoms with Gasteiger partial charge >= 0.3 is 0 Å². The van der Waals surface area contributed by atoms with Gasteiger partial charge in [-0.3, -0.25) is 4.79 Å². The van der Waals surface area contributed by atoms with Crippen molar-refractivity contribution in [1.29, 1.82) is 0 Å². The standard InChI is InChI=1S/C13H25NO2/c1-11(2)10-14(3)12(15)9-13(16)7-5-4-6-8-13/h11,16H,4-10H2,1-3H3. The van der Waals surface area contributed by atoms with Gasteiger partial charge in [-0.05, 0) is 18.8 Å². The van der Waals surface area contributed by atoms with Gasteiger partial charge in [0.15, 0.2) is 0 Å². The van der Waals surface area contributed by atoms with Crippen LogP contribution in [0.15, 0.2) is 0 Å². The fourth-order valence-electron chi connectivity index (χ4n) is 2.45.